The molecule has 1 aliphatic rings. The third-order valence-electron chi connectivity index (χ3n) is 1.40. The van der Waals surface area contributed by atoms with Crippen molar-refractivity contribution in [2.45, 2.75) is 12.8 Å². The smallest absolute Gasteiger partial charge is 0.119 e. The fourth-order valence-electron chi connectivity index (χ4n) is 0.882. The van der Waals surface area contributed by atoms with E-state index in [1.807, 2.05) is 6.08 Å². The number of methoxy groups -OCH3 is 1. The summed E-state index contributed by atoms with van der Waals surface area (Å²) in [6, 6.07) is 0. The van der Waals surface area contributed by atoms with Crippen molar-refractivity contribution in [3.05, 3.63) is 23.6 Å². The van der Waals surface area contributed by atoms with Gasteiger partial charge in [0.2, 0.25) is 0 Å². The van der Waals surface area contributed by atoms with E-state index in [1.165, 1.54) is 0 Å². The van der Waals surface area contributed by atoms with Crippen molar-refractivity contribution in [2.75, 3.05) is 7.11 Å². The normalized spacial score (nSPS) is 18.3. The lowest BCUT2D eigenvalue weighted by Gasteiger charge is -2.10. The van der Waals surface area contributed by atoms with E-state index >= 15 is 0 Å². The van der Waals surface area contributed by atoms with Crippen LogP contribution in [0, 0.1) is 0 Å². The lowest BCUT2D eigenvalue weighted by molar-refractivity contribution is 0.272. The van der Waals surface area contributed by atoms with E-state index in [-0.39, 0.29) is 0 Å². The molecule has 0 fully saturated rings. The lowest BCUT2D eigenvalue weighted by atomic mass is 10.1. The molecule has 0 radical (unpaired) electrons. The summed E-state index contributed by atoms with van der Waals surface area (Å²) in [6.07, 6.45) is 5.93. The molecule has 0 saturated carbocycles. The first kappa shape index (κ1) is 6.20. The second-order valence-electron chi connectivity index (χ2n) is 2.02. The SMILES string of the molecule is COC1=C(N)C=CCC1. The number of ether oxygens (including phenoxy) is 1. The monoisotopic (exact) mass is 125 g/mol. The molecule has 2 N–H and O–H groups in total. The van der Waals surface area contributed by atoms with Gasteiger partial charge in [-0.1, -0.05) is 6.08 Å². The predicted octanol–water partition coefficient (Wildman–Crippen LogP) is 1.15. The van der Waals surface area contributed by atoms with Crippen LogP contribution in [0.15, 0.2) is 23.6 Å². The van der Waals surface area contributed by atoms with E-state index < -0.39 is 0 Å². The zero-order valence-corrected chi connectivity index (χ0v) is 5.55. The van der Waals surface area contributed by atoms with Crippen LogP contribution in [0.4, 0.5) is 0 Å². The van der Waals surface area contributed by atoms with Crippen molar-refractivity contribution in [1.82, 2.24) is 0 Å². The van der Waals surface area contributed by atoms with Crippen molar-refractivity contribution in [3.63, 3.8) is 0 Å². The Bertz CT molecular complexity index is 158. The number of hydrogen-bond acceptors (Lipinski definition) is 2. The Morgan fingerprint density at radius 2 is 2.44 bits per heavy atom. The number of allylic oxidation sites excluding steroid dienone is 3. The first-order chi connectivity index (χ1) is 4.34. The van der Waals surface area contributed by atoms with Gasteiger partial charge in [-0.05, 0) is 12.5 Å². The molecule has 0 heterocycles. The van der Waals surface area contributed by atoms with Crippen LogP contribution < -0.4 is 5.73 Å². The molecule has 0 aromatic rings. The van der Waals surface area contributed by atoms with Crippen molar-refractivity contribution in [2.24, 2.45) is 5.73 Å². The zero-order valence-electron chi connectivity index (χ0n) is 5.55. The van der Waals surface area contributed by atoms with E-state index in [2.05, 4.69) is 6.08 Å². The summed E-state index contributed by atoms with van der Waals surface area (Å²) < 4.78 is 5.01. The Balaban J connectivity index is 2.72. The highest BCUT2D eigenvalue weighted by atomic mass is 16.5. The van der Waals surface area contributed by atoms with Gasteiger partial charge in [0.25, 0.3) is 0 Å². The van der Waals surface area contributed by atoms with Gasteiger partial charge in [0.1, 0.15) is 5.76 Å². The second-order valence-corrected chi connectivity index (χ2v) is 2.02. The Kier molecular flexibility index (Phi) is 1.78. The molecular formula is C7H11NO. The highest BCUT2D eigenvalue weighted by Crippen LogP contribution is 2.14. The molecule has 0 bridgehead atoms. The van der Waals surface area contributed by atoms with E-state index in [0.717, 1.165) is 24.3 Å². The van der Waals surface area contributed by atoms with Gasteiger partial charge in [-0.3, -0.25) is 0 Å². The summed E-state index contributed by atoms with van der Waals surface area (Å²) in [7, 11) is 1.65. The Morgan fingerprint density at radius 1 is 1.67 bits per heavy atom. The summed E-state index contributed by atoms with van der Waals surface area (Å²) in [6.45, 7) is 0. The fraction of sp³-hybridized carbons (Fsp3) is 0.429. The lowest BCUT2D eigenvalue weighted by Crippen LogP contribution is -2.04. The first-order valence-corrected chi connectivity index (χ1v) is 3.03. The third kappa shape index (κ3) is 1.25. The minimum atomic E-state index is 0.767. The topological polar surface area (TPSA) is 35.2 Å². The molecule has 9 heavy (non-hydrogen) atoms. The molecule has 1 aliphatic carbocycles. The first-order valence-electron chi connectivity index (χ1n) is 3.03. The maximum Gasteiger partial charge on any atom is 0.119 e. The molecule has 2 heteroatoms. The van der Waals surface area contributed by atoms with Crippen molar-refractivity contribution >= 4 is 0 Å². The maximum atomic E-state index is 5.56. The van der Waals surface area contributed by atoms with Crippen molar-refractivity contribution < 1.29 is 4.74 Å². The zero-order chi connectivity index (χ0) is 6.69. The summed E-state index contributed by atoms with van der Waals surface area (Å²) in [5, 5.41) is 0. The molecule has 2 nitrogen and oxygen atoms in total. The molecule has 0 spiro atoms. The van der Waals surface area contributed by atoms with Crippen LogP contribution in [0.3, 0.4) is 0 Å². The second kappa shape index (κ2) is 2.58. The van der Waals surface area contributed by atoms with E-state index in [1.54, 1.807) is 7.11 Å². The Labute approximate surface area is 55.0 Å². The molecule has 0 aromatic heterocycles. The molecular weight excluding hydrogens is 114 g/mol. The molecule has 0 aromatic carbocycles. The van der Waals surface area contributed by atoms with Crippen LogP contribution in [0.2, 0.25) is 0 Å². The Morgan fingerprint density at radius 3 is 2.89 bits per heavy atom. The van der Waals surface area contributed by atoms with Gasteiger partial charge in [-0.2, -0.15) is 0 Å². The maximum absolute atomic E-state index is 5.56. The summed E-state index contributed by atoms with van der Waals surface area (Å²) in [5.74, 6) is 0.914. The molecule has 50 valence electrons. The number of hydrogen-bond donors (Lipinski definition) is 1. The van der Waals surface area contributed by atoms with Gasteiger partial charge in [0.05, 0.1) is 12.8 Å². The number of nitrogens with two attached hydrogens (primary N) is 1. The quantitative estimate of drug-likeness (QED) is 0.570. The van der Waals surface area contributed by atoms with Crippen LogP contribution in [0.25, 0.3) is 0 Å². The third-order valence-corrected chi connectivity index (χ3v) is 1.40. The van der Waals surface area contributed by atoms with Gasteiger partial charge < -0.3 is 10.5 Å². The van der Waals surface area contributed by atoms with E-state index in [4.69, 9.17) is 10.5 Å². The largest absolute Gasteiger partial charge is 0.499 e. The van der Waals surface area contributed by atoms with Crippen LogP contribution >= 0.6 is 0 Å². The van der Waals surface area contributed by atoms with E-state index in [0.29, 0.717) is 0 Å². The minimum absolute atomic E-state index is 0.767. The van der Waals surface area contributed by atoms with Crippen LogP contribution in [0.5, 0.6) is 0 Å². The summed E-state index contributed by atoms with van der Waals surface area (Å²) in [4.78, 5) is 0. The van der Waals surface area contributed by atoms with Gasteiger partial charge in [0.15, 0.2) is 0 Å². The van der Waals surface area contributed by atoms with Crippen LogP contribution in [-0.2, 0) is 4.74 Å². The molecule has 0 unspecified atom stereocenters. The average molecular weight is 125 g/mol. The average Bonchev–Trinajstić information content (AvgIpc) is 1.89. The van der Waals surface area contributed by atoms with Gasteiger partial charge in [-0.15, -0.1) is 0 Å². The highest BCUT2D eigenvalue weighted by molar-refractivity contribution is 5.22. The minimum Gasteiger partial charge on any atom is -0.499 e. The Hall–Kier alpha value is -0.920. The molecule has 0 saturated heterocycles. The fourth-order valence-corrected chi connectivity index (χ4v) is 0.882. The standard InChI is InChI=1S/C7H11NO/c1-9-7-5-3-2-4-6(7)8/h2,4H,3,5,8H2,1H3. The van der Waals surface area contributed by atoms with Crippen molar-refractivity contribution in [1.29, 1.82) is 0 Å². The van der Waals surface area contributed by atoms with Gasteiger partial charge in [-0.25, -0.2) is 0 Å². The van der Waals surface area contributed by atoms with Gasteiger partial charge in [0, 0.05) is 6.42 Å². The van der Waals surface area contributed by atoms with E-state index in [9.17, 15) is 0 Å². The summed E-state index contributed by atoms with van der Waals surface area (Å²) in [5.41, 5.74) is 6.32. The molecule has 0 aliphatic heterocycles. The van der Waals surface area contributed by atoms with Gasteiger partial charge >= 0.3 is 0 Å². The summed E-state index contributed by atoms with van der Waals surface area (Å²) >= 11 is 0. The molecule has 0 atom stereocenters. The number of rotatable bonds is 1. The molecule has 0 amide bonds. The van der Waals surface area contributed by atoms with Crippen LogP contribution in [0.1, 0.15) is 12.8 Å². The van der Waals surface area contributed by atoms with Crippen LogP contribution in [-0.4, -0.2) is 7.11 Å². The predicted molar refractivity (Wildman–Crippen MR) is 36.6 cm³/mol. The highest BCUT2D eigenvalue weighted by Gasteiger charge is 2.03. The van der Waals surface area contributed by atoms with Crippen molar-refractivity contribution in [3.8, 4) is 0 Å². The molecule has 1 rings (SSSR count).